The second kappa shape index (κ2) is 5.05. The molecule has 0 fully saturated rings. The fraction of sp³-hybridized carbons (Fsp3) is 0.182. The summed E-state index contributed by atoms with van der Waals surface area (Å²) in [5.74, 6) is -0.190. The van der Waals surface area contributed by atoms with Gasteiger partial charge in [0.15, 0.2) is 0 Å². The number of methoxy groups -OCH3 is 1. The van der Waals surface area contributed by atoms with Gasteiger partial charge in [-0.25, -0.2) is 4.79 Å². The van der Waals surface area contributed by atoms with Crippen molar-refractivity contribution in [1.82, 2.24) is 0 Å². The van der Waals surface area contributed by atoms with Gasteiger partial charge in [-0.2, -0.15) is 0 Å². The third-order valence-corrected chi connectivity index (χ3v) is 1.92. The molecule has 1 aromatic carbocycles. The van der Waals surface area contributed by atoms with Crippen molar-refractivity contribution >= 4 is 11.7 Å². The summed E-state index contributed by atoms with van der Waals surface area (Å²) in [4.78, 5) is 12.0. The molecule has 0 aliphatic heterocycles. The summed E-state index contributed by atoms with van der Waals surface area (Å²) in [6.07, 6.45) is 2.58. The van der Waals surface area contributed by atoms with Crippen molar-refractivity contribution in [2.24, 2.45) is 0 Å². The average Bonchev–Trinajstić information content (AvgIpc) is 2.26. The maximum absolute atomic E-state index is 10.3. The lowest BCUT2D eigenvalue weighted by Gasteiger charge is -2.13. The topological polar surface area (TPSA) is 49.8 Å². The maximum Gasteiger partial charge on any atom is 0.329 e. The number of hydrogen-bond donors (Lipinski definition) is 1. The molecule has 0 amide bonds. The summed E-state index contributed by atoms with van der Waals surface area (Å²) >= 11 is 0. The number of benzene rings is 1. The SMILES string of the molecule is COc1ccc(N(C)C=CC(=O)O)cc1. The molecule has 0 heterocycles. The van der Waals surface area contributed by atoms with Gasteiger partial charge >= 0.3 is 5.97 Å². The Hall–Kier alpha value is -1.97. The molecule has 0 spiro atoms. The van der Waals surface area contributed by atoms with Crippen LogP contribution >= 0.6 is 0 Å². The molecular formula is C11H13NO3. The summed E-state index contributed by atoms with van der Waals surface area (Å²) in [6.45, 7) is 0. The van der Waals surface area contributed by atoms with Crippen LogP contribution in [0.1, 0.15) is 0 Å². The molecule has 0 atom stereocenters. The molecule has 1 rings (SSSR count). The van der Waals surface area contributed by atoms with Crippen molar-refractivity contribution in [1.29, 1.82) is 0 Å². The van der Waals surface area contributed by atoms with E-state index in [0.717, 1.165) is 17.5 Å². The monoisotopic (exact) mass is 207 g/mol. The fourth-order valence-corrected chi connectivity index (χ4v) is 1.08. The first kappa shape index (κ1) is 11.1. The third kappa shape index (κ3) is 3.34. The van der Waals surface area contributed by atoms with Crippen LogP contribution in [0.15, 0.2) is 36.5 Å². The number of carboxylic acids is 1. The van der Waals surface area contributed by atoms with Crippen LogP contribution in [0.25, 0.3) is 0 Å². The van der Waals surface area contributed by atoms with Gasteiger partial charge in [-0.1, -0.05) is 0 Å². The Morgan fingerprint density at radius 2 is 2.00 bits per heavy atom. The molecule has 0 unspecified atom stereocenters. The average molecular weight is 207 g/mol. The largest absolute Gasteiger partial charge is 0.497 e. The molecular weight excluding hydrogens is 194 g/mol. The van der Waals surface area contributed by atoms with Crippen molar-refractivity contribution < 1.29 is 14.6 Å². The molecule has 1 N–H and O–H groups in total. The Morgan fingerprint density at radius 1 is 1.40 bits per heavy atom. The minimum absolute atomic E-state index is 0.773. The van der Waals surface area contributed by atoms with E-state index in [-0.39, 0.29) is 0 Å². The van der Waals surface area contributed by atoms with E-state index in [2.05, 4.69) is 0 Å². The predicted molar refractivity (Wildman–Crippen MR) is 58.2 cm³/mol. The highest BCUT2D eigenvalue weighted by Crippen LogP contribution is 2.17. The lowest BCUT2D eigenvalue weighted by molar-refractivity contribution is -0.131. The molecule has 0 aliphatic rings. The highest BCUT2D eigenvalue weighted by atomic mass is 16.5. The number of carbonyl (C=O) groups is 1. The van der Waals surface area contributed by atoms with Crippen LogP contribution in [0, 0.1) is 0 Å². The molecule has 0 bridgehead atoms. The fourth-order valence-electron chi connectivity index (χ4n) is 1.08. The van der Waals surface area contributed by atoms with Gasteiger partial charge in [0.1, 0.15) is 5.75 Å². The van der Waals surface area contributed by atoms with E-state index in [4.69, 9.17) is 9.84 Å². The molecule has 0 aliphatic carbocycles. The number of hydrogen-bond acceptors (Lipinski definition) is 3. The molecule has 0 aromatic heterocycles. The lowest BCUT2D eigenvalue weighted by Crippen LogP contribution is -2.08. The molecule has 0 saturated carbocycles. The number of ether oxygens (including phenoxy) is 1. The zero-order chi connectivity index (χ0) is 11.3. The minimum atomic E-state index is -0.963. The summed E-state index contributed by atoms with van der Waals surface area (Å²) in [5.41, 5.74) is 0.897. The number of anilines is 1. The molecule has 15 heavy (non-hydrogen) atoms. The van der Waals surface area contributed by atoms with E-state index >= 15 is 0 Å². The number of rotatable bonds is 4. The molecule has 4 nitrogen and oxygen atoms in total. The van der Waals surface area contributed by atoms with Crippen LogP contribution in [0.3, 0.4) is 0 Å². The van der Waals surface area contributed by atoms with Crippen molar-refractivity contribution in [2.75, 3.05) is 19.1 Å². The van der Waals surface area contributed by atoms with Gasteiger partial charge in [-0.3, -0.25) is 0 Å². The zero-order valence-corrected chi connectivity index (χ0v) is 8.68. The van der Waals surface area contributed by atoms with Gasteiger partial charge in [0, 0.05) is 25.0 Å². The van der Waals surface area contributed by atoms with Crippen molar-refractivity contribution in [3.8, 4) is 5.75 Å². The van der Waals surface area contributed by atoms with E-state index in [1.807, 2.05) is 24.3 Å². The van der Waals surface area contributed by atoms with Gasteiger partial charge in [0.2, 0.25) is 0 Å². The minimum Gasteiger partial charge on any atom is -0.497 e. The van der Waals surface area contributed by atoms with E-state index < -0.39 is 5.97 Å². The van der Waals surface area contributed by atoms with E-state index in [1.54, 1.807) is 19.1 Å². The first-order chi connectivity index (χ1) is 7.13. The van der Waals surface area contributed by atoms with E-state index in [0.29, 0.717) is 0 Å². The van der Waals surface area contributed by atoms with E-state index in [1.165, 1.54) is 6.20 Å². The maximum atomic E-state index is 10.3. The second-order valence-corrected chi connectivity index (χ2v) is 2.96. The van der Waals surface area contributed by atoms with Crippen LogP contribution in [0.4, 0.5) is 5.69 Å². The van der Waals surface area contributed by atoms with Crippen LogP contribution in [0.2, 0.25) is 0 Å². The Balaban J connectivity index is 2.74. The molecule has 0 radical (unpaired) electrons. The molecule has 80 valence electrons. The van der Waals surface area contributed by atoms with Crippen molar-refractivity contribution in [3.63, 3.8) is 0 Å². The Bertz CT molecular complexity index is 357. The van der Waals surface area contributed by atoms with Crippen molar-refractivity contribution in [2.45, 2.75) is 0 Å². The van der Waals surface area contributed by atoms with E-state index in [9.17, 15) is 4.79 Å². The van der Waals surface area contributed by atoms with Crippen molar-refractivity contribution in [3.05, 3.63) is 36.5 Å². The van der Waals surface area contributed by atoms with Crippen LogP contribution in [-0.2, 0) is 4.79 Å². The number of nitrogens with zero attached hydrogens (tertiary/aromatic N) is 1. The highest BCUT2D eigenvalue weighted by Gasteiger charge is 1.97. The van der Waals surface area contributed by atoms with Gasteiger partial charge in [-0.15, -0.1) is 0 Å². The summed E-state index contributed by atoms with van der Waals surface area (Å²) in [6, 6.07) is 7.34. The van der Waals surface area contributed by atoms with Crippen LogP contribution < -0.4 is 9.64 Å². The Kier molecular flexibility index (Phi) is 3.74. The first-order valence-electron chi connectivity index (χ1n) is 4.41. The lowest BCUT2D eigenvalue weighted by atomic mass is 10.3. The van der Waals surface area contributed by atoms with Gasteiger partial charge in [-0.05, 0) is 24.3 Å². The predicted octanol–water partition coefficient (Wildman–Crippen LogP) is 1.73. The van der Waals surface area contributed by atoms with Crippen LogP contribution in [-0.4, -0.2) is 25.2 Å². The normalized spacial score (nSPS) is 10.3. The highest BCUT2D eigenvalue weighted by molar-refractivity contribution is 5.80. The third-order valence-electron chi connectivity index (χ3n) is 1.92. The number of aliphatic carboxylic acids is 1. The molecule has 0 saturated heterocycles. The first-order valence-corrected chi connectivity index (χ1v) is 4.41. The Labute approximate surface area is 88.4 Å². The van der Waals surface area contributed by atoms with Gasteiger partial charge in [0.25, 0.3) is 0 Å². The summed E-state index contributed by atoms with van der Waals surface area (Å²) in [5, 5.41) is 8.46. The van der Waals surface area contributed by atoms with Gasteiger partial charge < -0.3 is 14.7 Å². The number of carboxylic acid groups (broad SMARTS) is 1. The summed E-state index contributed by atoms with van der Waals surface area (Å²) in [7, 11) is 3.38. The zero-order valence-electron chi connectivity index (χ0n) is 8.68. The standard InChI is InChI=1S/C11H13NO3/c1-12(8-7-11(13)14)9-3-5-10(15-2)6-4-9/h3-8H,1-2H3,(H,13,14). The summed E-state index contributed by atoms with van der Waals surface area (Å²) < 4.78 is 5.02. The van der Waals surface area contributed by atoms with Gasteiger partial charge in [0.05, 0.1) is 7.11 Å². The van der Waals surface area contributed by atoms with Crippen LogP contribution in [0.5, 0.6) is 5.75 Å². The Morgan fingerprint density at radius 3 is 2.47 bits per heavy atom. The molecule has 4 heteroatoms. The smallest absolute Gasteiger partial charge is 0.329 e. The quantitative estimate of drug-likeness (QED) is 0.764. The molecule has 1 aromatic rings. The second-order valence-electron chi connectivity index (χ2n) is 2.96.